The maximum atomic E-state index is 13.9. The number of hydrogen-bond acceptors (Lipinski definition) is 8. The van der Waals surface area contributed by atoms with Crippen LogP contribution in [0.5, 0.6) is 5.75 Å². The summed E-state index contributed by atoms with van der Waals surface area (Å²) in [4.78, 5) is 28.0. The van der Waals surface area contributed by atoms with Gasteiger partial charge in [-0.05, 0) is 68.7 Å². The van der Waals surface area contributed by atoms with Crippen LogP contribution in [0.1, 0.15) is 72.2 Å². The van der Waals surface area contributed by atoms with Crippen LogP contribution in [-0.2, 0) is 0 Å². The van der Waals surface area contributed by atoms with Crippen molar-refractivity contribution in [1.82, 2.24) is 39.7 Å². The zero-order chi connectivity index (χ0) is 29.2. The highest BCUT2D eigenvalue weighted by Crippen LogP contribution is 2.50. The summed E-state index contributed by atoms with van der Waals surface area (Å²) in [5.41, 5.74) is 12.8. The first-order valence-electron chi connectivity index (χ1n) is 14.7. The number of carbonyl (C=O) groups excluding carboxylic acids is 1. The molecular formula is C31H30FN9O2. The van der Waals surface area contributed by atoms with Gasteiger partial charge >= 0.3 is 0 Å². The molecule has 1 saturated carbocycles. The van der Waals surface area contributed by atoms with Crippen molar-refractivity contribution in [3.8, 4) is 28.1 Å². The number of fused-ring (bicyclic) bond motifs is 3. The van der Waals surface area contributed by atoms with Crippen molar-refractivity contribution in [2.45, 2.75) is 62.4 Å². The normalized spacial score (nSPS) is 21.4. The number of benzene rings is 1. The minimum absolute atomic E-state index is 0.0816. The van der Waals surface area contributed by atoms with E-state index in [1.165, 1.54) is 19.5 Å². The van der Waals surface area contributed by atoms with Gasteiger partial charge in [0.15, 0.2) is 17.2 Å². The Bertz CT molecular complexity index is 1840. The number of amides is 1. The van der Waals surface area contributed by atoms with Crippen LogP contribution < -0.4 is 10.5 Å². The van der Waals surface area contributed by atoms with E-state index in [4.69, 9.17) is 15.5 Å². The first kappa shape index (κ1) is 25.8. The number of anilines is 1. The largest absolute Gasteiger partial charge is 0.494 e. The monoisotopic (exact) mass is 579 g/mol. The number of halogens is 1. The van der Waals surface area contributed by atoms with Crippen LogP contribution in [0.2, 0.25) is 0 Å². The molecular weight excluding hydrogens is 549 g/mol. The molecule has 3 atom stereocenters. The molecule has 8 rings (SSSR count). The summed E-state index contributed by atoms with van der Waals surface area (Å²) in [5, 5.41) is 12.4. The van der Waals surface area contributed by atoms with Crippen molar-refractivity contribution >= 4 is 17.4 Å². The van der Waals surface area contributed by atoms with Crippen molar-refractivity contribution < 1.29 is 13.9 Å². The summed E-state index contributed by atoms with van der Waals surface area (Å²) in [5.74, 6) is 1.19. The van der Waals surface area contributed by atoms with Crippen molar-refractivity contribution in [3.63, 3.8) is 0 Å². The molecule has 218 valence electrons. The Hall–Kier alpha value is -4.87. The van der Waals surface area contributed by atoms with E-state index in [1.54, 1.807) is 29.0 Å². The molecule has 1 aromatic carbocycles. The number of nitrogens with one attached hydrogen (secondary N) is 1. The average molecular weight is 580 g/mol. The van der Waals surface area contributed by atoms with Crippen LogP contribution in [-0.4, -0.2) is 64.8 Å². The van der Waals surface area contributed by atoms with Gasteiger partial charge in [0.05, 0.1) is 24.7 Å². The Labute approximate surface area is 246 Å². The lowest BCUT2D eigenvalue weighted by Crippen LogP contribution is -2.46. The number of H-pyrrole nitrogens is 1. The van der Waals surface area contributed by atoms with Crippen LogP contribution in [0.4, 0.5) is 10.2 Å². The maximum Gasteiger partial charge on any atom is 0.292 e. The number of nitrogens with two attached hydrogens (primary N) is 1. The van der Waals surface area contributed by atoms with E-state index in [1.807, 2.05) is 17.0 Å². The standard InChI is InChI=1S/C31H30FN9O2/c1-43-25-12-17(4-8-23(25)32)24-9-5-18(13-34-24)22-14-37-41-28(33)26(16-2-3-16)27(38-30(22)41)19-10-20-6-7-21(11-19)40(20)31(42)29-35-15-36-39-29/h4-5,8-9,12-16,19-21H,2-3,6-7,10-11,33H2,1H3,(H,35,36,39)/t19-,20-,21+. The highest BCUT2D eigenvalue weighted by atomic mass is 19.1. The second-order valence-corrected chi connectivity index (χ2v) is 11.7. The SMILES string of the molecule is COc1cc(-c2ccc(-c3cnn4c(N)c(C5CC5)c([C@@H]5C[C@H]6CC[C@@H](C5)N6C(=O)c5nnc[nH]5)nc34)cn2)ccc1F. The number of aromatic amines is 1. The van der Waals surface area contributed by atoms with Crippen LogP contribution in [0.25, 0.3) is 28.0 Å². The molecule has 43 heavy (non-hydrogen) atoms. The predicted octanol–water partition coefficient (Wildman–Crippen LogP) is 4.73. The van der Waals surface area contributed by atoms with Gasteiger partial charge in [0.2, 0.25) is 5.82 Å². The number of nitrogen functional groups attached to an aromatic ring is 1. The van der Waals surface area contributed by atoms with Crippen molar-refractivity contribution in [3.05, 3.63) is 72.0 Å². The van der Waals surface area contributed by atoms with Crippen LogP contribution >= 0.6 is 0 Å². The third-order valence-electron chi connectivity index (χ3n) is 9.23. The number of ether oxygens (including phenoxy) is 1. The van der Waals surface area contributed by atoms with Gasteiger partial charge in [-0.1, -0.05) is 6.07 Å². The van der Waals surface area contributed by atoms with Crippen LogP contribution in [0.15, 0.2) is 49.1 Å². The number of nitrogens with zero attached hydrogens (tertiary/aromatic N) is 7. The Kier molecular flexibility index (Phi) is 5.92. The van der Waals surface area contributed by atoms with Gasteiger partial charge in [-0.15, -0.1) is 10.2 Å². The lowest BCUT2D eigenvalue weighted by molar-refractivity contribution is 0.0557. The lowest BCUT2D eigenvalue weighted by atomic mass is 9.85. The van der Waals surface area contributed by atoms with Crippen molar-refractivity contribution in [2.75, 3.05) is 12.8 Å². The molecule has 4 aromatic heterocycles. The second kappa shape index (κ2) is 9.85. The van der Waals surface area contributed by atoms with Crippen molar-refractivity contribution in [1.29, 1.82) is 0 Å². The first-order valence-corrected chi connectivity index (χ1v) is 14.7. The van der Waals surface area contributed by atoms with E-state index in [0.29, 0.717) is 28.9 Å². The summed E-state index contributed by atoms with van der Waals surface area (Å²) < 4.78 is 20.8. The number of piperidine rings is 1. The van der Waals surface area contributed by atoms with Gasteiger partial charge in [-0.25, -0.2) is 9.37 Å². The molecule has 3 N–H and O–H groups in total. The summed E-state index contributed by atoms with van der Waals surface area (Å²) in [6, 6.07) is 8.81. The molecule has 0 spiro atoms. The number of carbonyl (C=O) groups is 1. The van der Waals surface area contributed by atoms with Crippen LogP contribution in [0, 0.1) is 5.82 Å². The fourth-order valence-electron chi connectivity index (χ4n) is 7.06. The fraction of sp³-hybridized carbons (Fsp3) is 0.355. The smallest absolute Gasteiger partial charge is 0.292 e. The number of pyridine rings is 1. The molecule has 6 heterocycles. The Morgan fingerprint density at radius 2 is 1.84 bits per heavy atom. The summed E-state index contributed by atoms with van der Waals surface area (Å²) in [6.45, 7) is 0. The third-order valence-corrected chi connectivity index (χ3v) is 9.23. The predicted molar refractivity (Wildman–Crippen MR) is 156 cm³/mol. The van der Waals surface area contributed by atoms with Gasteiger partial charge < -0.3 is 20.4 Å². The Morgan fingerprint density at radius 3 is 2.51 bits per heavy atom. The quantitative estimate of drug-likeness (QED) is 0.294. The molecule has 5 aromatic rings. The van der Waals surface area contributed by atoms with E-state index in [0.717, 1.165) is 66.5 Å². The molecule has 0 unspecified atom stereocenters. The Morgan fingerprint density at radius 1 is 1.05 bits per heavy atom. The molecule has 2 bridgehead atoms. The fourth-order valence-corrected chi connectivity index (χ4v) is 7.06. The molecule has 12 heteroatoms. The van der Waals surface area contributed by atoms with Gasteiger partial charge in [0.1, 0.15) is 12.1 Å². The minimum Gasteiger partial charge on any atom is -0.494 e. The van der Waals surface area contributed by atoms with E-state index in [9.17, 15) is 9.18 Å². The van der Waals surface area contributed by atoms with E-state index < -0.39 is 5.82 Å². The highest BCUT2D eigenvalue weighted by Gasteiger charge is 2.46. The average Bonchev–Trinajstić information content (AvgIpc) is 3.41. The Balaban J connectivity index is 1.14. The summed E-state index contributed by atoms with van der Waals surface area (Å²) in [6.07, 6.45) is 10.8. The summed E-state index contributed by atoms with van der Waals surface area (Å²) >= 11 is 0. The highest BCUT2D eigenvalue weighted by molar-refractivity contribution is 5.91. The molecule has 1 aliphatic carbocycles. The number of aromatic nitrogens is 7. The topological polar surface area (TPSA) is 140 Å². The van der Waals surface area contributed by atoms with Gasteiger partial charge in [0.25, 0.3) is 5.91 Å². The molecule has 3 fully saturated rings. The van der Waals surface area contributed by atoms with Crippen LogP contribution in [0.3, 0.4) is 0 Å². The zero-order valence-electron chi connectivity index (χ0n) is 23.6. The first-order chi connectivity index (χ1) is 21.0. The van der Waals surface area contributed by atoms with Gasteiger partial charge in [0, 0.05) is 46.5 Å². The van der Waals surface area contributed by atoms with Gasteiger partial charge in [-0.3, -0.25) is 9.78 Å². The van der Waals surface area contributed by atoms with E-state index >= 15 is 0 Å². The summed E-state index contributed by atoms with van der Waals surface area (Å²) in [7, 11) is 1.44. The van der Waals surface area contributed by atoms with E-state index in [-0.39, 0.29) is 29.7 Å². The molecule has 0 radical (unpaired) electrons. The molecule has 3 aliphatic rings. The third kappa shape index (κ3) is 4.23. The minimum atomic E-state index is -0.417. The molecule has 1 amide bonds. The number of hydrogen-bond donors (Lipinski definition) is 2. The van der Waals surface area contributed by atoms with E-state index in [2.05, 4.69) is 25.3 Å². The zero-order valence-corrected chi connectivity index (χ0v) is 23.6. The number of rotatable bonds is 6. The molecule has 2 aliphatic heterocycles. The second-order valence-electron chi connectivity index (χ2n) is 11.7. The van der Waals surface area contributed by atoms with Gasteiger partial charge in [-0.2, -0.15) is 9.61 Å². The number of methoxy groups -OCH3 is 1. The lowest BCUT2D eigenvalue weighted by Gasteiger charge is -2.39. The molecule has 2 saturated heterocycles. The maximum absolute atomic E-state index is 13.9. The molecule has 11 nitrogen and oxygen atoms in total. The van der Waals surface area contributed by atoms with Crippen molar-refractivity contribution in [2.24, 2.45) is 0 Å².